The van der Waals surface area contributed by atoms with E-state index in [9.17, 15) is 9.18 Å². The van der Waals surface area contributed by atoms with Gasteiger partial charge in [0.25, 0.3) is 0 Å². The summed E-state index contributed by atoms with van der Waals surface area (Å²) in [5, 5.41) is 8.22. The first kappa shape index (κ1) is 25.3. The fraction of sp³-hybridized carbons (Fsp3) is 0.448. The summed E-state index contributed by atoms with van der Waals surface area (Å²) in [4.78, 5) is 17.0. The lowest BCUT2D eigenvalue weighted by atomic mass is 9.96. The Morgan fingerprint density at radius 2 is 1.89 bits per heavy atom. The lowest BCUT2D eigenvalue weighted by molar-refractivity contribution is 0.197. The molecule has 1 saturated carbocycles. The topological polar surface area (TPSA) is 62.6 Å². The second-order valence-electron chi connectivity index (χ2n) is 10.1. The van der Waals surface area contributed by atoms with Crippen molar-refractivity contribution in [2.24, 2.45) is 0 Å². The van der Waals surface area contributed by atoms with Crippen LogP contribution in [0.3, 0.4) is 0 Å². The van der Waals surface area contributed by atoms with Crippen LogP contribution in [0, 0.1) is 5.82 Å². The minimum Gasteiger partial charge on any atom is -0.494 e. The smallest absolute Gasteiger partial charge is 0.317 e. The third-order valence-corrected chi connectivity index (χ3v) is 7.55. The maximum Gasteiger partial charge on any atom is 0.317 e. The molecular formula is C29H36FN5O2. The fourth-order valence-corrected chi connectivity index (χ4v) is 5.50. The molecule has 0 unspecified atom stereocenters. The number of para-hydroxylation sites is 2. The summed E-state index contributed by atoms with van der Waals surface area (Å²) in [6.07, 6.45) is 6.45. The maximum absolute atomic E-state index is 14.4. The molecule has 1 aromatic heterocycles. The molecule has 0 spiro atoms. The Bertz CT molecular complexity index is 1240. The SMILES string of the molecule is COc1ccccc1-n1nc(CN(C)C(=O)NC2CCCCC2)c2c1CCN(Cc1ccccc1F)C2. The number of hydrogen-bond donors (Lipinski definition) is 1. The van der Waals surface area contributed by atoms with Crippen molar-refractivity contribution in [1.29, 1.82) is 0 Å². The van der Waals surface area contributed by atoms with E-state index in [-0.39, 0.29) is 17.9 Å². The Morgan fingerprint density at radius 3 is 2.68 bits per heavy atom. The van der Waals surface area contributed by atoms with Crippen LogP contribution in [0.2, 0.25) is 0 Å². The molecule has 0 atom stereocenters. The molecule has 1 aliphatic heterocycles. The maximum atomic E-state index is 14.4. The molecule has 5 rings (SSSR count). The highest BCUT2D eigenvalue weighted by atomic mass is 19.1. The molecular weight excluding hydrogens is 469 g/mol. The van der Waals surface area contributed by atoms with Crippen molar-refractivity contribution in [3.8, 4) is 11.4 Å². The van der Waals surface area contributed by atoms with Crippen molar-refractivity contribution in [3.05, 3.63) is 76.9 Å². The minimum absolute atomic E-state index is 0.0634. The lowest BCUT2D eigenvalue weighted by Gasteiger charge is -2.29. The number of carbonyl (C=O) groups excluding carboxylic acids is 1. The number of fused-ring (bicyclic) bond motifs is 1. The van der Waals surface area contributed by atoms with Gasteiger partial charge in [-0.1, -0.05) is 49.6 Å². The van der Waals surface area contributed by atoms with E-state index in [1.165, 1.54) is 25.3 Å². The van der Waals surface area contributed by atoms with Gasteiger partial charge >= 0.3 is 6.03 Å². The number of carbonyl (C=O) groups is 1. The number of aromatic nitrogens is 2. The van der Waals surface area contributed by atoms with Gasteiger partial charge in [0.15, 0.2) is 0 Å². The second kappa shape index (κ2) is 11.3. The molecule has 0 saturated heterocycles. The zero-order valence-electron chi connectivity index (χ0n) is 21.8. The standard InChI is InChI=1S/C29H36FN5O2/c1-33(29(36)31-22-11-4-3-5-12-22)20-25-23-19-34(18-21-10-6-7-13-24(21)30)17-16-26(23)35(32-25)27-14-8-9-15-28(27)37-2/h6-10,13-15,22H,3-5,11-12,16-20H2,1-2H3,(H,31,36). The Morgan fingerprint density at radius 1 is 1.14 bits per heavy atom. The number of ether oxygens (including phenoxy) is 1. The van der Waals surface area contributed by atoms with Crippen molar-refractivity contribution in [1.82, 2.24) is 24.9 Å². The number of nitrogens with zero attached hydrogens (tertiary/aromatic N) is 4. The van der Waals surface area contributed by atoms with Gasteiger partial charge in [0.1, 0.15) is 17.3 Å². The molecule has 37 heavy (non-hydrogen) atoms. The molecule has 0 bridgehead atoms. The van der Waals surface area contributed by atoms with E-state index in [0.717, 1.165) is 54.2 Å². The molecule has 2 aliphatic rings. The molecule has 3 aromatic rings. The number of hydrogen-bond acceptors (Lipinski definition) is 4. The van der Waals surface area contributed by atoms with Gasteiger partial charge in [0, 0.05) is 50.3 Å². The summed E-state index contributed by atoms with van der Waals surface area (Å²) in [5.41, 5.74) is 4.65. The highest BCUT2D eigenvalue weighted by Crippen LogP contribution is 2.31. The van der Waals surface area contributed by atoms with Crippen LogP contribution < -0.4 is 10.1 Å². The summed E-state index contributed by atoms with van der Waals surface area (Å²) < 4.78 is 22.0. The highest BCUT2D eigenvalue weighted by molar-refractivity contribution is 5.74. The van der Waals surface area contributed by atoms with E-state index in [1.54, 1.807) is 18.1 Å². The van der Waals surface area contributed by atoms with Crippen LogP contribution in [0.4, 0.5) is 9.18 Å². The first-order chi connectivity index (χ1) is 18.0. The van der Waals surface area contributed by atoms with E-state index in [4.69, 9.17) is 9.84 Å². The molecule has 7 nitrogen and oxygen atoms in total. The van der Waals surface area contributed by atoms with Gasteiger partial charge in [-0.15, -0.1) is 0 Å². The van der Waals surface area contributed by atoms with E-state index in [2.05, 4.69) is 10.2 Å². The molecule has 1 fully saturated rings. The summed E-state index contributed by atoms with van der Waals surface area (Å²) in [6.45, 7) is 2.37. The number of benzene rings is 2. The molecule has 2 amide bonds. The van der Waals surface area contributed by atoms with Gasteiger partial charge < -0.3 is 15.0 Å². The van der Waals surface area contributed by atoms with Crippen LogP contribution >= 0.6 is 0 Å². The third kappa shape index (κ3) is 5.64. The zero-order valence-corrected chi connectivity index (χ0v) is 21.8. The van der Waals surface area contributed by atoms with Gasteiger partial charge in [-0.25, -0.2) is 13.9 Å². The van der Waals surface area contributed by atoms with Crippen LogP contribution in [-0.2, 0) is 26.1 Å². The molecule has 1 N–H and O–H groups in total. The molecule has 2 aromatic carbocycles. The van der Waals surface area contributed by atoms with Crippen molar-refractivity contribution < 1.29 is 13.9 Å². The first-order valence-corrected chi connectivity index (χ1v) is 13.2. The Kier molecular flexibility index (Phi) is 7.74. The number of nitrogens with one attached hydrogen (secondary N) is 1. The van der Waals surface area contributed by atoms with E-state index < -0.39 is 0 Å². The predicted molar refractivity (Wildman–Crippen MR) is 141 cm³/mol. The second-order valence-corrected chi connectivity index (χ2v) is 10.1. The Hall–Kier alpha value is -3.39. The van der Waals surface area contributed by atoms with Gasteiger partial charge in [-0.3, -0.25) is 4.90 Å². The summed E-state index contributed by atoms with van der Waals surface area (Å²) in [5.74, 6) is 0.564. The lowest BCUT2D eigenvalue weighted by Crippen LogP contribution is -2.43. The van der Waals surface area contributed by atoms with Crippen molar-refractivity contribution in [2.75, 3.05) is 20.7 Å². The summed E-state index contributed by atoms with van der Waals surface area (Å²) >= 11 is 0. The molecule has 196 valence electrons. The predicted octanol–water partition coefficient (Wildman–Crippen LogP) is 5.05. The van der Waals surface area contributed by atoms with Crippen LogP contribution in [0.15, 0.2) is 48.5 Å². The molecule has 8 heteroatoms. The van der Waals surface area contributed by atoms with Gasteiger partial charge in [0.05, 0.1) is 25.0 Å². The van der Waals surface area contributed by atoms with Crippen molar-refractivity contribution in [3.63, 3.8) is 0 Å². The third-order valence-electron chi connectivity index (χ3n) is 7.55. The zero-order chi connectivity index (χ0) is 25.8. The first-order valence-electron chi connectivity index (χ1n) is 13.2. The number of amides is 2. The van der Waals surface area contributed by atoms with E-state index in [1.807, 2.05) is 48.1 Å². The quantitative estimate of drug-likeness (QED) is 0.488. The largest absolute Gasteiger partial charge is 0.494 e. The molecule has 2 heterocycles. The number of methoxy groups -OCH3 is 1. The van der Waals surface area contributed by atoms with Crippen LogP contribution in [0.5, 0.6) is 5.75 Å². The van der Waals surface area contributed by atoms with E-state index >= 15 is 0 Å². The average molecular weight is 506 g/mol. The number of halogens is 1. The van der Waals surface area contributed by atoms with E-state index in [0.29, 0.717) is 25.2 Å². The monoisotopic (exact) mass is 505 g/mol. The van der Waals surface area contributed by atoms with Crippen LogP contribution in [0.1, 0.15) is 54.6 Å². The van der Waals surface area contributed by atoms with Gasteiger partial charge in [0.2, 0.25) is 0 Å². The summed E-state index contributed by atoms with van der Waals surface area (Å²) in [6, 6.07) is 15.0. The van der Waals surface area contributed by atoms with Crippen LogP contribution in [-0.4, -0.2) is 52.4 Å². The average Bonchev–Trinajstić information content (AvgIpc) is 3.27. The minimum atomic E-state index is -0.183. The van der Waals surface area contributed by atoms with Crippen molar-refractivity contribution >= 4 is 6.03 Å². The van der Waals surface area contributed by atoms with Gasteiger partial charge in [-0.2, -0.15) is 5.10 Å². The Labute approximate surface area is 218 Å². The summed E-state index contributed by atoms with van der Waals surface area (Å²) in [7, 11) is 3.49. The van der Waals surface area contributed by atoms with Gasteiger partial charge in [-0.05, 0) is 31.0 Å². The normalized spacial score (nSPS) is 16.3. The number of urea groups is 1. The number of rotatable bonds is 7. The molecule has 1 aliphatic carbocycles. The van der Waals surface area contributed by atoms with Crippen molar-refractivity contribution in [2.45, 2.75) is 64.2 Å². The highest BCUT2D eigenvalue weighted by Gasteiger charge is 2.28. The molecule has 0 radical (unpaired) electrons. The Balaban J connectivity index is 1.41. The van der Waals surface area contributed by atoms with Crippen LogP contribution in [0.25, 0.3) is 5.69 Å². The fourth-order valence-electron chi connectivity index (χ4n) is 5.50.